The van der Waals surface area contributed by atoms with Gasteiger partial charge in [-0.05, 0) is 61.2 Å². The molecule has 3 aromatic carbocycles. The van der Waals surface area contributed by atoms with Gasteiger partial charge in [-0.1, -0.05) is 66.2 Å². The Labute approximate surface area is 245 Å². The van der Waals surface area contributed by atoms with Gasteiger partial charge in [0.05, 0.1) is 0 Å². The largest absolute Gasteiger partial charge is 0.342 e. The molecule has 0 saturated heterocycles. The molecule has 8 nitrogen and oxygen atoms in total. The van der Waals surface area contributed by atoms with Gasteiger partial charge in [-0.2, -0.15) is 0 Å². The van der Waals surface area contributed by atoms with Crippen molar-refractivity contribution in [1.29, 1.82) is 0 Å². The number of benzene rings is 3. The number of carbonyl (C=O) groups is 4. The lowest BCUT2D eigenvalue weighted by Crippen LogP contribution is -2.56. The average molecular weight is 575 g/mol. The minimum Gasteiger partial charge on any atom is -0.342 e. The normalized spacial score (nSPS) is 15.0. The number of nitrogens with zero attached hydrogens (tertiary/aromatic N) is 1. The van der Waals surface area contributed by atoms with E-state index in [2.05, 4.69) is 10.6 Å². The minimum absolute atomic E-state index is 0.0262. The second kappa shape index (κ2) is 13.6. The van der Waals surface area contributed by atoms with Gasteiger partial charge in [0, 0.05) is 42.1 Å². The number of carbonyl (C=O) groups excluding carboxylic acids is 4. The SMILES string of the molecule is Cc1cc(NC(=O)[C@H](CCN)NC(=O)[C@@H]2Cc3ccccc3CN2C(=O)CCC(=O)c2ccccc2)c(C)cc1Cl. The van der Waals surface area contributed by atoms with Crippen molar-refractivity contribution in [2.45, 2.75) is 58.2 Å². The van der Waals surface area contributed by atoms with Crippen LogP contribution in [-0.4, -0.2) is 47.0 Å². The molecule has 4 rings (SSSR count). The van der Waals surface area contributed by atoms with Gasteiger partial charge >= 0.3 is 0 Å². The van der Waals surface area contributed by atoms with E-state index in [9.17, 15) is 19.2 Å². The molecule has 0 spiro atoms. The van der Waals surface area contributed by atoms with Crippen LogP contribution in [0.1, 0.15) is 51.9 Å². The molecule has 1 aliphatic rings. The number of halogens is 1. The molecular weight excluding hydrogens is 540 g/mol. The van der Waals surface area contributed by atoms with Crippen molar-refractivity contribution in [3.8, 4) is 0 Å². The first-order valence-corrected chi connectivity index (χ1v) is 14.1. The van der Waals surface area contributed by atoms with Gasteiger partial charge in [0.15, 0.2) is 5.78 Å². The molecule has 0 aromatic heterocycles. The Balaban J connectivity index is 1.50. The predicted molar refractivity (Wildman–Crippen MR) is 160 cm³/mol. The van der Waals surface area contributed by atoms with Crippen LogP contribution in [0.4, 0.5) is 5.69 Å². The molecular formula is C32H35ClN4O4. The summed E-state index contributed by atoms with van der Waals surface area (Å²) in [6.45, 7) is 4.10. The van der Waals surface area contributed by atoms with Gasteiger partial charge in [0.1, 0.15) is 12.1 Å². The quantitative estimate of drug-likeness (QED) is 0.311. The Bertz CT molecular complexity index is 1440. The number of anilines is 1. The lowest BCUT2D eigenvalue weighted by molar-refractivity contribution is -0.142. The second-order valence-corrected chi connectivity index (χ2v) is 10.8. The second-order valence-electron chi connectivity index (χ2n) is 10.3. The summed E-state index contributed by atoms with van der Waals surface area (Å²) >= 11 is 6.20. The van der Waals surface area contributed by atoms with E-state index in [1.807, 2.05) is 44.2 Å². The first-order valence-electron chi connectivity index (χ1n) is 13.7. The molecule has 1 aliphatic heterocycles. The van der Waals surface area contributed by atoms with Crippen LogP contribution in [0.25, 0.3) is 0 Å². The number of nitrogens with one attached hydrogen (secondary N) is 2. The molecule has 0 bridgehead atoms. The van der Waals surface area contributed by atoms with Crippen LogP contribution in [0.2, 0.25) is 5.02 Å². The van der Waals surface area contributed by atoms with Crippen LogP contribution in [0.15, 0.2) is 66.7 Å². The Morgan fingerprint density at radius 1 is 0.951 bits per heavy atom. The number of aryl methyl sites for hydroxylation is 2. The molecule has 0 unspecified atom stereocenters. The van der Waals surface area contributed by atoms with Crippen molar-refractivity contribution in [3.63, 3.8) is 0 Å². The smallest absolute Gasteiger partial charge is 0.247 e. The van der Waals surface area contributed by atoms with Crippen molar-refractivity contribution in [3.05, 3.63) is 99.6 Å². The van der Waals surface area contributed by atoms with E-state index in [1.54, 1.807) is 36.4 Å². The summed E-state index contributed by atoms with van der Waals surface area (Å²) < 4.78 is 0. The number of fused-ring (bicyclic) bond motifs is 1. The summed E-state index contributed by atoms with van der Waals surface area (Å²) in [4.78, 5) is 54.5. The summed E-state index contributed by atoms with van der Waals surface area (Å²) in [6, 6.07) is 18.3. The fourth-order valence-electron chi connectivity index (χ4n) is 4.99. The number of Topliss-reactive ketones (excluding diaryl/α,β-unsaturated/α-hetero) is 1. The molecule has 41 heavy (non-hydrogen) atoms. The van der Waals surface area contributed by atoms with E-state index in [4.69, 9.17) is 17.3 Å². The standard InChI is InChI=1S/C32H35ClN4O4/c1-20-17-27(21(2)16-25(20)33)36-31(40)26(14-15-34)35-32(41)28-18-23-10-6-7-11-24(23)19-37(28)30(39)13-12-29(38)22-8-4-3-5-9-22/h3-11,16-17,26,28H,12-15,18-19,34H2,1-2H3,(H,35,41)(H,36,40)/t26-,28-/m0/s1. The molecule has 214 valence electrons. The highest BCUT2D eigenvalue weighted by Gasteiger charge is 2.36. The van der Waals surface area contributed by atoms with Crippen molar-refractivity contribution >= 4 is 40.8 Å². The highest BCUT2D eigenvalue weighted by molar-refractivity contribution is 6.31. The van der Waals surface area contributed by atoms with Crippen molar-refractivity contribution in [1.82, 2.24) is 10.2 Å². The van der Waals surface area contributed by atoms with Gasteiger partial charge in [0.25, 0.3) is 0 Å². The fourth-order valence-corrected chi connectivity index (χ4v) is 5.21. The molecule has 1 heterocycles. The van der Waals surface area contributed by atoms with E-state index in [-0.39, 0.29) is 44.0 Å². The lowest BCUT2D eigenvalue weighted by atomic mass is 9.92. The van der Waals surface area contributed by atoms with Crippen LogP contribution in [0, 0.1) is 13.8 Å². The molecule has 3 aromatic rings. The average Bonchev–Trinajstić information content (AvgIpc) is 2.97. The van der Waals surface area contributed by atoms with Crippen molar-refractivity contribution < 1.29 is 19.2 Å². The van der Waals surface area contributed by atoms with E-state index >= 15 is 0 Å². The maximum Gasteiger partial charge on any atom is 0.247 e. The van der Waals surface area contributed by atoms with Crippen LogP contribution < -0.4 is 16.4 Å². The molecule has 0 aliphatic carbocycles. The van der Waals surface area contributed by atoms with Crippen molar-refractivity contribution in [2.24, 2.45) is 5.73 Å². The molecule has 3 amide bonds. The fraction of sp³-hybridized carbons (Fsp3) is 0.312. The number of hydrogen-bond donors (Lipinski definition) is 3. The van der Waals surface area contributed by atoms with Gasteiger partial charge in [-0.3, -0.25) is 19.2 Å². The van der Waals surface area contributed by atoms with Crippen LogP contribution in [0.5, 0.6) is 0 Å². The Morgan fingerprint density at radius 2 is 1.63 bits per heavy atom. The highest BCUT2D eigenvalue weighted by Crippen LogP contribution is 2.26. The molecule has 4 N–H and O–H groups in total. The highest BCUT2D eigenvalue weighted by atomic mass is 35.5. The van der Waals surface area contributed by atoms with Crippen molar-refractivity contribution in [2.75, 3.05) is 11.9 Å². The molecule has 0 fully saturated rings. The maximum atomic E-state index is 13.7. The number of ketones is 1. The summed E-state index contributed by atoms with van der Waals surface area (Å²) in [5.74, 6) is -1.28. The molecule has 9 heteroatoms. The van der Waals surface area contributed by atoms with Gasteiger partial charge in [-0.15, -0.1) is 0 Å². The van der Waals surface area contributed by atoms with E-state index in [0.29, 0.717) is 22.7 Å². The zero-order chi connectivity index (χ0) is 29.5. The zero-order valence-corrected chi connectivity index (χ0v) is 24.0. The maximum absolute atomic E-state index is 13.7. The molecule has 2 atom stereocenters. The summed E-state index contributed by atoms with van der Waals surface area (Å²) in [5, 5.41) is 6.32. The van der Waals surface area contributed by atoms with Gasteiger partial charge in [-0.25, -0.2) is 0 Å². The predicted octanol–water partition coefficient (Wildman–Crippen LogP) is 4.35. The third-order valence-electron chi connectivity index (χ3n) is 7.39. The summed E-state index contributed by atoms with van der Waals surface area (Å²) in [6.07, 6.45) is 0.522. The van der Waals surface area contributed by atoms with Crippen LogP contribution >= 0.6 is 11.6 Å². The van der Waals surface area contributed by atoms with Gasteiger partial charge in [0.2, 0.25) is 17.7 Å². The molecule has 0 saturated carbocycles. The third-order valence-corrected chi connectivity index (χ3v) is 7.79. The zero-order valence-electron chi connectivity index (χ0n) is 23.3. The monoisotopic (exact) mass is 574 g/mol. The third kappa shape index (κ3) is 7.39. The van der Waals surface area contributed by atoms with E-state index in [0.717, 1.165) is 22.3 Å². The topological polar surface area (TPSA) is 122 Å². The Kier molecular flexibility index (Phi) is 9.91. The number of rotatable bonds is 10. The Hall–Kier alpha value is -4.01. The molecule has 0 radical (unpaired) electrons. The van der Waals surface area contributed by atoms with Gasteiger partial charge < -0.3 is 21.3 Å². The number of amides is 3. The Morgan fingerprint density at radius 3 is 2.34 bits per heavy atom. The number of hydrogen-bond acceptors (Lipinski definition) is 5. The summed E-state index contributed by atoms with van der Waals surface area (Å²) in [7, 11) is 0. The van der Waals surface area contributed by atoms with Crippen LogP contribution in [0.3, 0.4) is 0 Å². The summed E-state index contributed by atoms with van der Waals surface area (Å²) in [5.41, 5.74) is 10.4. The van der Waals surface area contributed by atoms with E-state index in [1.165, 1.54) is 4.90 Å². The first-order chi connectivity index (χ1) is 19.7. The van der Waals surface area contributed by atoms with Crippen LogP contribution in [-0.2, 0) is 27.3 Å². The lowest BCUT2D eigenvalue weighted by Gasteiger charge is -2.36. The number of nitrogens with two attached hydrogens (primary N) is 1. The minimum atomic E-state index is -0.906. The first kappa shape index (κ1) is 30.0. The van der Waals surface area contributed by atoms with E-state index < -0.39 is 23.9 Å².